The van der Waals surface area contributed by atoms with Crippen LogP contribution in [0.15, 0.2) is 18.2 Å². The normalized spacial score (nSPS) is 17.3. The molecule has 0 unspecified atom stereocenters. The van der Waals surface area contributed by atoms with E-state index < -0.39 is 0 Å². The summed E-state index contributed by atoms with van der Waals surface area (Å²) in [5, 5.41) is 12.2. The van der Waals surface area contributed by atoms with Crippen LogP contribution in [0.3, 0.4) is 0 Å². The molecule has 6 heteroatoms. The first-order valence-electron chi connectivity index (χ1n) is 7.32. The zero-order valence-corrected chi connectivity index (χ0v) is 14.2. The minimum absolute atomic E-state index is 0.0117. The number of nitrogens with zero attached hydrogens (tertiary/aromatic N) is 2. The summed E-state index contributed by atoms with van der Waals surface area (Å²) >= 11 is 7.43. The number of rotatable bonds is 6. The standard InChI is InChI=1S/C16H20ClN3OS/c1-12-2-3-14(17)8-15(12)20-6-4-13(10-20)9-19-16(21)11-22-7-5-18/h2-3,8,13H,4,6-7,9-11H2,1H3,(H,19,21)/t13-/m1/s1. The summed E-state index contributed by atoms with van der Waals surface area (Å²) < 4.78 is 0. The van der Waals surface area contributed by atoms with E-state index in [4.69, 9.17) is 16.9 Å². The van der Waals surface area contributed by atoms with Crippen molar-refractivity contribution in [3.63, 3.8) is 0 Å². The maximum absolute atomic E-state index is 11.7. The van der Waals surface area contributed by atoms with E-state index in [0.717, 1.165) is 24.5 Å². The van der Waals surface area contributed by atoms with Gasteiger partial charge in [-0.1, -0.05) is 17.7 Å². The van der Waals surface area contributed by atoms with E-state index in [0.29, 0.717) is 24.0 Å². The van der Waals surface area contributed by atoms with Crippen molar-refractivity contribution in [1.82, 2.24) is 5.32 Å². The van der Waals surface area contributed by atoms with Gasteiger partial charge in [0.05, 0.1) is 17.6 Å². The Morgan fingerprint density at radius 1 is 1.59 bits per heavy atom. The summed E-state index contributed by atoms with van der Waals surface area (Å²) in [5.74, 6) is 1.19. The van der Waals surface area contributed by atoms with Crippen LogP contribution in [0.2, 0.25) is 5.02 Å². The molecule has 1 aliphatic heterocycles. The predicted molar refractivity (Wildman–Crippen MR) is 92.5 cm³/mol. The van der Waals surface area contributed by atoms with Crippen LogP contribution in [-0.2, 0) is 4.79 Å². The number of hydrogen-bond donors (Lipinski definition) is 1. The third kappa shape index (κ3) is 4.82. The van der Waals surface area contributed by atoms with Crippen LogP contribution >= 0.6 is 23.4 Å². The lowest BCUT2D eigenvalue weighted by Gasteiger charge is -2.21. The molecule has 0 aliphatic carbocycles. The SMILES string of the molecule is Cc1ccc(Cl)cc1N1CC[C@H](CNC(=O)CSCC#N)C1. The van der Waals surface area contributed by atoms with E-state index in [1.165, 1.54) is 23.0 Å². The van der Waals surface area contributed by atoms with E-state index in [2.05, 4.69) is 17.1 Å². The summed E-state index contributed by atoms with van der Waals surface area (Å²) in [6.45, 7) is 4.72. The zero-order chi connectivity index (χ0) is 15.9. The van der Waals surface area contributed by atoms with Crippen molar-refractivity contribution in [2.75, 3.05) is 36.0 Å². The van der Waals surface area contributed by atoms with Crippen molar-refractivity contribution < 1.29 is 4.79 Å². The molecule has 118 valence electrons. The smallest absolute Gasteiger partial charge is 0.230 e. The Hall–Kier alpha value is -1.38. The highest BCUT2D eigenvalue weighted by atomic mass is 35.5. The summed E-state index contributed by atoms with van der Waals surface area (Å²) in [5.41, 5.74) is 2.41. The van der Waals surface area contributed by atoms with Crippen LogP contribution in [-0.4, -0.2) is 37.0 Å². The summed E-state index contributed by atoms with van der Waals surface area (Å²) in [4.78, 5) is 14.0. The molecular weight excluding hydrogens is 318 g/mol. The van der Waals surface area contributed by atoms with Crippen LogP contribution < -0.4 is 10.2 Å². The topological polar surface area (TPSA) is 56.1 Å². The number of benzene rings is 1. The number of halogens is 1. The molecule has 1 saturated heterocycles. The fourth-order valence-electron chi connectivity index (χ4n) is 2.64. The molecule has 0 bridgehead atoms. The van der Waals surface area contributed by atoms with Crippen molar-refractivity contribution in [2.24, 2.45) is 5.92 Å². The number of aryl methyl sites for hydroxylation is 1. The highest BCUT2D eigenvalue weighted by Crippen LogP contribution is 2.29. The van der Waals surface area contributed by atoms with E-state index in [9.17, 15) is 4.79 Å². The lowest BCUT2D eigenvalue weighted by Crippen LogP contribution is -2.32. The van der Waals surface area contributed by atoms with Crippen molar-refractivity contribution in [1.29, 1.82) is 5.26 Å². The molecule has 4 nitrogen and oxygen atoms in total. The van der Waals surface area contributed by atoms with Crippen LogP contribution in [0, 0.1) is 24.2 Å². The van der Waals surface area contributed by atoms with Crippen LogP contribution in [0.4, 0.5) is 5.69 Å². The number of nitriles is 1. The van der Waals surface area contributed by atoms with Gasteiger partial charge in [0.25, 0.3) is 0 Å². The molecule has 1 N–H and O–H groups in total. The van der Waals surface area contributed by atoms with Gasteiger partial charge < -0.3 is 10.2 Å². The molecular formula is C16H20ClN3OS. The van der Waals surface area contributed by atoms with E-state index >= 15 is 0 Å². The Balaban J connectivity index is 1.79. The molecule has 0 spiro atoms. The predicted octanol–water partition coefficient (Wildman–Crippen LogP) is 2.85. The van der Waals surface area contributed by atoms with Crippen molar-refractivity contribution in [2.45, 2.75) is 13.3 Å². The van der Waals surface area contributed by atoms with Gasteiger partial charge in [-0.25, -0.2) is 0 Å². The number of hydrogen-bond acceptors (Lipinski definition) is 4. The van der Waals surface area contributed by atoms with Gasteiger partial charge in [0.1, 0.15) is 0 Å². The first-order valence-corrected chi connectivity index (χ1v) is 8.86. The Bertz CT molecular complexity index is 573. The second-order valence-corrected chi connectivity index (χ2v) is 6.91. The molecule has 0 saturated carbocycles. The van der Waals surface area contributed by atoms with E-state index in [-0.39, 0.29) is 5.91 Å². The number of nitrogens with one attached hydrogen (secondary N) is 1. The van der Waals surface area contributed by atoms with E-state index in [1.54, 1.807) is 0 Å². The van der Waals surface area contributed by atoms with Crippen molar-refractivity contribution >= 4 is 35.0 Å². The molecule has 2 rings (SSSR count). The number of anilines is 1. The summed E-state index contributed by atoms with van der Waals surface area (Å²) in [6.07, 6.45) is 1.07. The fraction of sp³-hybridized carbons (Fsp3) is 0.500. The summed E-state index contributed by atoms with van der Waals surface area (Å²) in [7, 11) is 0. The van der Waals surface area contributed by atoms with Crippen LogP contribution in [0.5, 0.6) is 0 Å². The minimum atomic E-state index is 0.0117. The number of carbonyl (C=O) groups excluding carboxylic acids is 1. The van der Waals surface area contributed by atoms with Gasteiger partial charge in [-0.15, -0.1) is 11.8 Å². The average molecular weight is 338 g/mol. The average Bonchev–Trinajstić information content (AvgIpc) is 2.97. The molecule has 1 aromatic rings. The Morgan fingerprint density at radius 3 is 3.18 bits per heavy atom. The maximum atomic E-state index is 11.7. The van der Waals surface area contributed by atoms with Gasteiger partial charge in [0.15, 0.2) is 0 Å². The van der Waals surface area contributed by atoms with Crippen molar-refractivity contribution in [3.8, 4) is 6.07 Å². The first-order chi connectivity index (χ1) is 10.6. The first kappa shape index (κ1) is 17.0. The Morgan fingerprint density at radius 2 is 2.41 bits per heavy atom. The van der Waals surface area contributed by atoms with Gasteiger partial charge in [0, 0.05) is 30.3 Å². The third-order valence-corrected chi connectivity index (χ3v) is 4.82. The molecule has 1 atom stereocenters. The fourth-order valence-corrected chi connectivity index (χ4v) is 3.29. The number of thioether (sulfide) groups is 1. The van der Waals surface area contributed by atoms with Gasteiger partial charge in [-0.3, -0.25) is 4.79 Å². The lowest BCUT2D eigenvalue weighted by atomic mass is 10.1. The third-order valence-electron chi connectivity index (χ3n) is 3.79. The quantitative estimate of drug-likeness (QED) is 0.811. The van der Waals surface area contributed by atoms with Crippen molar-refractivity contribution in [3.05, 3.63) is 28.8 Å². The number of carbonyl (C=O) groups is 1. The molecule has 0 aromatic heterocycles. The number of amides is 1. The molecule has 0 radical (unpaired) electrons. The Labute approximate surface area is 140 Å². The van der Waals surface area contributed by atoms with E-state index in [1.807, 2.05) is 24.3 Å². The van der Waals surface area contributed by atoms with Gasteiger partial charge in [-0.2, -0.15) is 5.26 Å². The Kier molecular flexibility index (Phi) is 6.41. The minimum Gasteiger partial charge on any atom is -0.371 e. The zero-order valence-electron chi connectivity index (χ0n) is 12.6. The molecule has 1 aliphatic rings. The molecule has 1 fully saturated rings. The van der Waals surface area contributed by atoms with Crippen LogP contribution in [0.1, 0.15) is 12.0 Å². The maximum Gasteiger partial charge on any atom is 0.230 e. The van der Waals surface area contributed by atoms with Crippen LogP contribution in [0.25, 0.3) is 0 Å². The molecule has 1 amide bonds. The monoisotopic (exact) mass is 337 g/mol. The highest BCUT2D eigenvalue weighted by Gasteiger charge is 2.24. The second-order valence-electron chi connectivity index (χ2n) is 5.49. The highest BCUT2D eigenvalue weighted by molar-refractivity contribution is 8.00. The summed E-state index contributed by atoms with van der Waals surface area (Å²) in [6, 6.07) is 7.98. The largest absolute Gasteiger partial charge is 0.371 e. The van der Waals surface area contributed by atoms with Gasteiger partial charge >= 0.3 is 0 Å². The van der Waals surface area contributed by atoms with Gasteiger partial charge in [0.2, 0.25) is 5.91 Å². The molecule has 1 aromatic carbocycles. The second kappa shape index (κ2) is 8.30. The molecule has 22 heavy (non-hydrogen) atoms. The molecule has 1 heterocycles. The van der Waals surface area contributed by atoms with Gasteiger partial charge in [-0.05, 0) is 37.0 Å². The lowest BCUT2D eigenvalue weighted by molar-refractivity contribution is -0.118.